The van der Waals surface area contributed by atoms with E-state index >= 15 is 0 Å². The topological polar surface area (TPSA) is 62.2 Å². The molecule has 0 aliphatic heterocycles. The van der Waals surface area contributed by atoms with Gasteiger partial charge >= 0.3 is 5.97 Å². The maximum absolute atomic E-state index is 10.9. The predicted molar refractivity (Wildman–Crippen MR) is 68.5 cm³/mol. The van der Waals surface area contributed by atoms with Crippen LogP contribution in [0.4, 0.5) is 5.82 Å². The maximum atomic E-state index is 10.9. The van der Waals surface area contributed by atoms with Crippen LogP contribution < -0.4 is 5.32 Å². The Morgan fingerprint density at radius 1 is 1.41 bits per heavy atom. The molecule has 17 heavy (non-hydrogen) atoms. The number of anilines is 1. The lowest BCUT2D eigenvalue weighted by molar-refractivity contribution is 0.0696. The summed E-state index contributed by atoms with van der Waals surface area (Å²) in [7, 11) is 0. The Bertz CT molecular complexity index is 422. The SMILES string of the molecule is Cc1cc(C(=O)O)cc(NC(C)C(C)(C)C)n1. The quantitative estimate of drug-likeness (QED) is 0.847. The smallest absolute Gasteiger partial charge is 0.335 e. The van der Waals surface area contributed by atoms with Crippen molar-refractivity contribution in [3.63, 3.8) is 0 Å². The molecule has 0 radical (unpaired) electrons. The van der Waals surface area contributed by atoms with E-state index in [2.05, 4.69) is 38.0 Å². The Kier molecular flexibility index (Phi) is 3.76. The van der Waals surface area contributed by atoms with Gasteiger partial charge in [-0.05, 0) is 31.4 Å². The monoisotopic (exact) mass is 236 g/mol. The number of aryl methyl sites for hydroxylation is 1. The summed E-state index contributed by atoms with van der Waals surface area (Å²) in [6.45, 7) is 10.2. The van der Waals surface area contributed by atoms with Gasteiger partial charge in [0.05, 0.1) is 5.56 Å². The number of hydrogen-bond acceptors (Lipinski definition) is 3. The molecule has 4 nitrogen and oxygen atoms in total. The highest BCUT2D eigenvalue weighted by atomic mass is 16.4. The zero-order valence-corrected chi connectivity index (χ0v) is 11.0. The molecule has 1 heterocycles. The standard InChI is InChI=1S/C13H20N2O2/c1-8-6-10(12(16)17)7-11(14-8)15-9(2)13(3,4)5/h6-7,9H,1-5H3,(H,14,15)(H,16,17). The fraction of sp³-hybridized carbons (Fsp3) is 0.538. The summed E-state index contributed by atoms with van der Waals surface area (Å²) in [5.74, 6) is -0.313. The number of aromatic nitrogens is 1. The number of nitrogens with one attached hydrogen (secondary N) is 1. The van der Waals surface area contributed by atoms with Crippen LogP contribution in [-0.4, -0.2) is 22.1 Å². The van der Waals surface area contributed by atoms with Crippen LogP contribution in [0.15, 0.2) is 12.1 Å². The lowest BCUT2D eigenvalue weighted by Crippen LogP contribution is -2.31. The Labute approximate surface area is 102 Å². The predicted octanol–water partition coefficient (Wildman–Crippen LogP) is 2.93. The van der Waals surface area contributed by atoms with Crippen molar-refractivity contribution in [2.45, 2.75) is 40.7 Å². The third kappa shape index (κ3) is 3.73. The highest BCUT2D eigenvalue weighted by Crippen LogP contribution is 2.22. The van der Waals surface area contributed by atoms with Gasteiger partial charge in [-0.3, -0.25) is 0 Å². The van der Waals surface area contributed by atoms with Crippen molar-refractivity contribution in [3.05, 3.63) is 23.4 Å². The normalized spacial score (nSPS) is 13.2. The van der Waals surface area contributed by atoms with Crippen LogP contribution in [0, 0.1) is 12.3 Å². The molecule has 0 aliphatic carbocycles. The zero-order valence-electron chi connectivity index (χ0n) is 11.0. The zero-order chi connectivity index (χ0) is 13.2. The van der Waals surface area contributed by atoms with Crippen LogP contribution in [0.3, 0.4) is 0 Å². The van der Waals surface area contributed by atoms with E-state index in [1.165, 1.54) is 0 Å². The summed E-state index contributed by atoms with van der Waals surface area (Å²) in [4.78, 5) is 15.2. The molecule has 0 spiro atoms. The molecule has 1 aromatic heterocycles. The molecule has 0 aliphatic rings. The Balaban J connectivity index is 2.96. The molecule has 0 fully saturated rings. The number of carboxylic acid groups (broad SMARTS) is 1. The summed E-state index contributed by atoms with van der Waals surface area (Å²) < 4.78 is 0. The third-order valence-corrected chi connectivity index (χ3v) is 2.86. The first-order chi connectivity index (χ1) is 7.70. The van der Waals surface area contributed by atoms with Gasteiger partial charge in [-0.2, -0.15) is 0 Å². The molecule has 2 N–H and O–H groups in total. The van der Waals surface area contributed by atoms with Crippen molar-refractivity contribution >= 4 is 11.8 Å². The molecule has 94 valence electrons. The van der Waals surface area contributed by atoms with Crippen molar-refractivity contribution in [1.82, 2.24) is 4.98 Å². The number of rotatable bonds is 3. The lowest BCUT2D eigenvalue weighted by atomic mass is 9.88. The second kappa shape index (κ2) is 4.73. The molecule has 0 amide bonds. The van der Waals surface area contributed by atoms with Crippen LogP contribution in [0.25, 0.3) is 0 Å². The average molecular weight is 236 g/mol. The van der Waals surface area contributed by atoms with Gasteiger partial charge in [-0.25, -0.2) is 9.78 Å². The second-order valence-corrected chi connectivity index (χ2v) is 5.42. The van der Waals surface area contributed by atoms with Gasteiger partial charge < -0.3 is 10.4 Å². The van der Waals surface area contributed by atoms with Gasteiger partial charge in [0.2, 0.25) is 0 Å². The lowest BCUT2D eigenvalue weighted by Gasteiger charge is -2.28. The first-order valence-electron chi connectivity index (χ1n) is 5.68. The van der Waals surface area contributed by atoms with Crippen molar-refractivity contribution < 1.29 is 9.90 Å². The second-order valence-electron chi connectivity index (χ2n) is 5.42. The Morgan fingerprint density at radius 3 is 2.47 bits per heavy atom. The molecule has 1 rings (SSSR count). The summed E-state index contributed by atoms with van der Waals surface area (Å²) in [5.41, 5.74) is 1.06. The van der Waals surface area contributed by atoms with Gasteiger partial charge in [-0.1, -0.05) is 20.8 Å². The van der Waals surface area contributed by atoms with Gasteiger partial charge in [0.15, 0.2) is 0 Å². The molecule has 0 aromatic carbocycles. The number of hydrogen-bond donors (Lipinski definition) is 2. The highest BCUT2D eigenvalue weighted by molar-refractivity contribution is 5.88. The fourth-order valence-electron chi connectivity index (χ4n) is 1.30. The first-order valence-corrected chi connectivity index (χ1v) is 5.68. The largest absolute Gasteiger partial charge is 0.478 e. The number of aromatic carboxylic acids is 1. The summed E-state index contributed by atoms with van der Waals surface area (Å²) >= 11 is 0. The van der Waals surface area contributed by atoms with Crippen LogP contribution in [0.5, 0.6) is 0 Å². The van der Waals surface area contributed by atoms with Crippen molar-refractivity contribution in [2.75, 3.05) is 5.32 Å². The number of carbonyl (C=O) groups is 1. The fourth-order valence-corrected chi connectivity index (χ4v) is 1.30. The molecule has 0 saturated carbocycles. The Hall–Kier alpha value is -1.58. The van der Waals surface area contributed by atoms with E-state index in [0.717, 1.165) is 0 Å². The third-order valence-electron chi connectivity index (χ3n) is 2.86. The van der Waals surface area contributed by atoms with Crippen molar-refractivity contribution in [3.8, 4) is 0 Å². The van der Waals surface area contributed by atoms with Crippen molar-refractivity contribution in [2.24, 2.45) is 5.41 Å². The minimum absolute atomic E-state index is 0.0921. The number of nitrogens with zero attached hydrogens (tertiary/aromatic N) is 1. The van der Waals surface area contributed by atoms with E-state index < -0.39 is 5.97 Å². The van der Waals surface area contributed by atoms with Gasteiger partial charge in [0, 0.05) is 11.7 Å². The van der Waals surface area contributed by atoms with Crippen LogP contribution in [-0.2, 0) is 0 Å². The molecule has 1 aromatic rings. The molecular formula is C13H20N2O2. The van der Waals surface area contributed by atoms with E-state index in [1.54, 1.807) is 19.1 Å². The van der Waals surface area contributed by atoms with Crippen LogP contribution in [0.1, 0.15) is 43.7 Å². The molecular weight excluding hydrogens is 216 g/mol. The van der Waals surface area contributed by atoms with E-state index in [-0.39, 0.29) is 17.0 Å². The minimum Gasteiger partial charge on any atom is -0.478 e. The number of pyridine rings is 1. The van der Waals surface area contributed by atoms with Crippen LogP contribution >= 0.6 is 0 Å². The van der Waals surface area contributed by atoms with Gasteiger partial charge in [0.1, 0.15) is 5.82 Å². The minimum atomic E-state index is -0.929. The van der Waals surface area contributed by atoms with E-state index in [9.17, 15) is 4.79 Å². The molecule has 4 heteroatoms. The van der Waals surface area contributed by atoms with Crippen molar-refractivity contribution in [1.29, 1.82) is 0 Å². The molecule has 1 unspecified atom stereocenters. The van der Waals surface area contributed by atoms with E-state index in [1.807, 2.05) is 0 Å². The maximum Gasteiger partial charge on any atom is 0.335 e. The number of carboxylic acids is 1. The summed E-state index contributed by atoms with van der Waals surface area (Å²) in [5, 5.41) is 12.2. The highest BCUT2D eigenvalue weighted by Gasteiger charge is 2.20. The molecule has 0 bridgehead atoms. The molecule has 0 saturated heterocycles. The van der Waals surface area contributed by atoms with Gasteiger partial charge in [0.25, 0.3) is 0 Å². The van der Waals surface area contributed by atoms with Gasteiger partial charge in [-0.15, -0.1) is 0 Å². The van der Waals surface area contributed by atoms with E-state index in [4.69, 9.17) is 5.11 Å². The Morgan fingerprint density at radius 2 is 2.00 bits per heavy atom. The summed E-state index contributed by atoms with van der Waals surface area (Å²) in [6.07, 6.45) is 0. The molecule has 1 atom stereocenters. The summed E-state index contributed by atoms with van der Waals surface area (Å²) in [6, 6.07) is 3.34. The average Bonchev–Trinajstić information content (AvgIpc) is 2.14. The van der Waals surface area contributed by atoms with Crippen LogP contribution in [0.2, 0.25) is 0 Å². The first kappa shape index (κ1) is 13.5. The van der Waals surface area contributed by atoms with E-state index in [0.29, 0.717) is 11.5 Å².